The Hall–Kier alpha value is -1.68. The number of ether oxygens (including phenoxy) is 1. The van der Waals surface area contributed by atoms with E-state index in [0.29, 0.717) is 0 Å². The largest absolute Gasteiger partial charge is 0.465 e. The minimum atomic E-state index is -4.14. The number of hydrogen-bond donors (Lipinski definition) is 3. The van der Waals surface area contributed by atoms with Crippen LogP contribution in [0.4, 0.5) is 0 Å². The summed E-state index contributed by atoms with van der Waals surface area (Å²) in [5.74, 6) is -1.81. The number of methoxy groups -OCH3 is 1. The van der Waals surface area contributed by atoms with Crippen molar-refractivity contribution < 1.29 is 27.9 Å². The maximum absolute atomic E-state index is 12.0. The van der Waals surface area contributed by atoms with Gasteiger partial charge >= 0.3 is 5.97 Å². The monoisotopic (exact) mass is 336 g/mol. The summed E-state index contributed by atoms with van der Waals surface area (Å²) < 4.78 is 30.5. The van der Waals surface area contributed by atoms with Gasteiger partial charge in [0.1, 0.15) is 11.0 Å². The summed E-state index contributed by atoms with van der Waals surface area (Å²) in [6.07, 6.45) is -1.68. The van der Waals surface area contributed by atoms with Crippen LogP contribution in [-0.4, -0.2) is 45.2 Å². The maximum Gasteiger partial charge on any atom is 0.337 e. The molecule has 10 heteroatoms. The van der Waals surface area contributed by atoms with Crippen LogP contribution in [0.3, 0.4) is 0 Å². The number of hydrogen-bond acceptors (Lipinski definition) is 6. The van der Waals surface area contributed by atoms with E-state index in [4.69, 9.17) is 17.3 Å². The van der Waals surface area contributed by atoms with Crippen LogP contribution in [0.15, 0.2) is 23.1 Å². The second-order valence-electron chi connectivity index (χ2n) is 3.91. The molecule has 8 nitrogen and oxygen atoms in total. The molecule has 0 aromatic heterocycles. The number of sulfonamides is 1. The van der Waals surface area contributed by atoms with E-state index in [1.54, 1.807) is 0 Å². The molecule has 1 aromatic carbocycles. The number of esters is 1. The van der Waals surface area contributed by atoms with E-state index in [-0.39, 0.29) is 15.5 Å². The molecule has 0 radical (unpaired) electrons. The van der Waals surface area contributed by atoms with Gasteiger partial charge in [0.05, 0.1) is 17.7 Å². The molecular formula is C11H13ClN2O6S. The van der Waals surface area contributed by atoms with Gasteiger partial charge in [0, 0.05) is 6.54 Å². The molecular weight excluding hydrogens is 324 g/mol. The highest BCUT2D eigenvalue weighted by molar-refractivity contribution is 7.89. The zero-order valence-electron chi connectivity index (χ0n) is 10.9. The average molecular weight is 337 g/mol. The molecule has 1 aromatic rings. The molecule has 0 fully saturated rings. The van der Waals surface area contributed by atoms with E-state index in [2.05, 4.69) is 4.74 Å². The molecule has 1 unspecified atom stereocenters. The Morgan fingerprint density at radius 2 is 2.10 bits per heavy atom. The minimum absolute atomic E-state index is 0.0160. The molecule has 21 heavy (non-hydrogen) atoms. The highest BCUT2D eigenvalue weighted by atomic mass is 35.5. The third-order valence-corrected chi connectivity index (χ3v) is 4.34. The second kappa shape index (κ2) is 6.85. The number of nitrogens with two attached hydrogens (primary N) is 1. The van der Waals surface area contributed by atoms with E-state index in [1.807, 2.05) is 4.72 Å². The molecule has 1 rings (SSSR count). The zero-order valence-corrected chi connectivity index (χ0v) is 12.4. The van der Waals surface area contributed by atoms with Crippen LogP contribution >= 0.6 is 11.6 Å². The number of primary amides is 1. The van der Waals surface area contributed by atoms with Gasteiger partial charge in [-0.25, -0.2) is 17.9 Å². The number of amides is 1. The molecule has 0 aliphatic heterocycles. The predicted molar refractivity (Wildman–Crippen MR) is 73.2 cm³/mol. The standard InChI is InChI=1S/C11H13ClN2O6S/c1-20-11(17)6-2-3-7(12)9(4-6)21(18,19)14-5-8(15)10(13)16/h2-4,8,14-15H,5H2,1H3,(H2,13,16). The molecule has 0 bridgehead atoms. The summed E-state index contributed by atoms with van der Waals surface area (Å²) in [5, 5.41) is 9.04. The summed E-state index contributed by atoms with van der Waals surface area (Å²) in [6, 6.07) is 3.53. The molecule has 116 valence electrons. The van der Waals surface area contributed by atoms with Gasteiger partial charge in [0.25, 0.3) is 0 Å². The lowest BCUT2D eigenvalue weighted by molar-refractivity contribution is -0.125. The van der Waals surface area contributed by atoms with Crippen LogP contribution in [0.5, 0.6) is 0 Å². The van der Waals surface area contributed by atoms with E-state index in [9.17, 15) is 23.1 Å². The van der Waals surface area contributed by atoms with Crippen molar-refractivity contribution in [3.8, 4) is 0 Å². The molecule has 0 spiro atoms. The molecule has 0 aliphatic rings. The van der Waals surface area contributed by atoms with Gasteiger partial charge in [-0.1, -0.05) is 11.6 Å². The third kappa shape index (κ3) is 4.39. The van der Waals surface area contributed by atoms with Crippen molar-refractivity contribution in [2.24, 2.45) is 5.73 Å². The zero-order chi connectivity index (χ0) is 16.2. The SMILES string of the molecule is COC(=O)c1ccc(Cl)c(S(=O)(=O)NCC(O)C(N)=O)c1. The molecule has 0 saturated carbocycles. The van der Waals surface area contributed by atoms with Crippen molar-refractivity contribution in [3.05, 3.63) is 28.8 Å². The van der Waals surface area contributed by atoms with Gasteiger partial charge in [-0.3, -0.25) is 4.79 Å². The summed E-state index contributed by atoms with van der Waals surface area (Å²) in [4.78, 5) is 21.6. The van der Waals surface area contributed by atoms with Crippen LogP contribution < -0.4 is 10.5 Å². The first-order chi connectivity index (χ1) is 9.69. The lowest BCUT2D eigenvalue weighted by atomic mass is 10.2. The number of carbonyl (C=O) groups excluding carboxylic acids is 2. The fourth-order valence-corrected chi connectivity index (χ4v) is 2.88. The summed E-state index contributed by atoms with van der Waals surface area (Å²) in [6.45, 7) is -0.615. The number of halogens is 1. The van der Waals surface area contributed by atoms with E-state index in [1.165, 1.54) is 12.1 Å². The van der Waals surface area contributed by atoms with Crippen molar-refractivity contribution in [3.63, 3.8) is 0 Å². The average Bonchev–Trinajstić information content (AvgIpc) is 2.44. The Kier molecular flexibility index (Phi) is 5.67. The number of benzene rings is 1. The highest BCUT2D eigenvalue weighted by Crippen LogP contribution is 2.22. The van der Waals surface area contributed by atoms with Gasteiger partial charge < -0.3 is 15.6 Å². The second-order valence-corrected chi connectivity index (χ2v) is 6.05. The normalized spacial score (nSPS) is 12.7. The Balaban J connectivity index is 3.07. The van der Waals surface area contributed by atoms with Gasteiger partial charge in [0.15, 0.2) is 0 Å². The molecule has 1 atom stereocenters. The lowest BCUT2D eigenvalue weighted by Gasteiger charge is -2.11. The molecule has 0 heterocycles. The van der Waals surface area contributed by atoms with Gasteiger partial charge in [-0.05, 0) is 18.2 Å². The summed E-state index contributed by atoms with van der Waals surface area (Å²) in [7, 11) is -3.00. The fraction of sp³-hybridized carbons (Fsp3) is 0.273. The van der Waals surface area contributed by atoms with Gasteiger partial charge in [-0.2, -0.15) is 0 Å². The first-order valence-electron chi connectivity index (χ1n) is 5.54. The first kappa shape index (κ1) is 17.4. The van der Waals surface area contributed by atoms with Crippen molar-refractivity contribution >= 4 is 33.5 Å². The van der Waals surface area contributed by atoms with Crippen LogP contribution in [0.1, 0.15) is 10.4 Å². The van der Waals surface area contributed by atoms with Crippen molar-refractivity contribution in [2.45, 2.75) is 11.0 Å². The topological polar surface area (TPSA) is 136 Å². The molecule has 1 amide bonds. The fourth-order valence-electron chi connectivity index (χ4n) is 1.32. The van der Waals surface area contributed by atoms with E-state index in [0.717, 1.165) is 13.2 Å². The molecule has 0 saturated heterocycles. The number of carbonyl (C=O) groups is 2. The van der Waals surface area contributed by atoms with Crippen molar-refractivity contribution in [2.75, 3.05) is 13.7 Å². The Bertz CT molecular complexity index is 661. The Morgan fingerprint density at radius 3 is 2.62 bits per heavy atom. The van der Waals surface area contributed by atoms with Crippen LogP contribution in [0.25, 0.3) is 0 Å². The maximum atomic E-state index is 12.0. The molecule has 0 aliphatic carbocycles. The summed E-state index contributed by atoms with van der Waals surface area (Å²) in [5.41, 5.74) is 4.79. The molecule has 4 N–H and O–H groups in total. The number of aliphatic hydroxyl groups excluding tert-OH is 1. The van der Waals surface area contributed by atoms with Crippen LogP contribution in [0.2, 0.25) is 5.02 Å². The quantitative estimate of drug-likeness (QED) is 0.585. The van der Waals surface area contributed by atoms with Gasteiger partial charge in [-0.15, -0.1) is 0 Å². The van der Waals surface area contributed by atoms with Crippen molar-refractivity contribution in [1.82, 2.24) is 4.72 Å². The first-order valence-corrected chi connectivity index (χ1v) is 7.40. The van der Waals surface area contributed by atoms with Gasteiger partial charge in [0.2, 0.25) is 15.9 Å². The summed E-state index contributed by atoms with van der Waals surface area (Å²) >= 11 is 5.78. The van der Waals surface area contributed by atoms with Crippen molar-refractivity contribution in [1.29, 1.82) is 0 Å². The number of rotatable bonds is 6. The lowest BCUT2D eigenvalue weighted by Crippen LogP contribution is -2.40. The minimum Gasteiger partial charge on any atom is -0.465 e. The number of nitrogens with one attached hydrogen (secondary N) is 1. The highest BCUT2D eigenvalue weighted by Gasteiger charge is 2.22. The predicted octanol–water partition coefficient (Wildman–Crippen LogP) is -0.749. The van der Waals surface area contributed by atoms with E-state index < -0.39 is 34.5 Å². The van der Waals surface area contributed by atoms with Crippen LogP contribution in [0, 0.1) is 0 Å². The van der Waals surface area contributed by atoms with Crippen LogP contribution in [-0.2, 0) is 19.6 Å². The third-order valence-electron chi connectivity index (χ3n) is 2.44. The van der Waals surface area contributed by atoms with E-state index >= 15 is 0 Å². The Labute approximate surface area is 125 Å². The Morgan fingerprint density at radius 1 is 1.48 bits per heavy atom. The number of aliphatic hydroxyl groups is 1. The smallest absolute Gasteiger partial charge is 0.337 e.